The first-order valence-corrected chi connectivity index (χ1v) is 3.92. The molecule has 2 rings (SSSR count). The van der Waals surface area contributed by atoms with E-state index in [0.29, 0.717) is 0 Å². The van der Waals surface area contributed by atoms with E-state index in [-0.39, 0.29) is 44.1 Å². The third-order valence-electron chi connectivity index (χ3n) is 1.77. The zero-order valence-electron chi connectivity index (χ0n) is 9.31. The van der Waals surface area contributed by atoms with Crippen molar-refractivity contribution in [2.45, 2.75) is 0 Å². The second kappa shape index (κ2) is 12.9. The quantitative estimate of drug-likeness (QED) is 0.616. The molecule has 0 aliphatic rings. The summed E-state index contributed by atoms with van der Waals surface area (Å²) in [6.07, 6.45) is 3.65. The molecule has 0 amide bonds. The Balaban J connectivity index is -0.000000169. The van der Waals surface area contributed by atoms with E-state index < -0.39 is 0 Å². The van der Waals surface area contributed by atoms with E-state index in [2.05, 4.69) is 23.2 Å². The Kier molecular flexibility index (Phi) is 18.9. The van der Waals surface area contributed by atoms with Gasteiger partial charge in [0.25, 0.3) is 0 Å². The van der Waals surface area contributed by atoms with Gasteiger partial charge >= 0.3 is 19.5 Å². The number of hydrogen-bond donors (Lipinski definition) is 0. The smallest absolute Gasteiger partial charge is 0.693 e. The summed E-state index contributed by atoms with van der Waals surface area (Å²) < 4.78 is 0. The van der Waals surface area contributed by atoms with Crippen molar-refractivity contribution in [2.24, 2.45) is 0 Å². The number of aromatic nitrogens is 1. The van der Waals surface area contributed by atoms with E-state index >= 15 is 0 Å². The molecule has 0 saturated carbocycles. The molecule has 0 fully saturated rings. The molecule has 1 aromatic heterocycles. The van der Waals surface area contributed by atoms with E-state index in [4.69, 9.17) is 0 Å². The number of hydrogen-bond acceptors (Lipinski definition) is 1. The Morgan fingerprint density at radius 1 is 0.647 bits per heavy atom. The van der Waals surface area contributed by atoms with Gasteiger partial charge in [0.15, 0.2) is 0 Å². The minimum atomic E-state index is 0. The van der Waals surface area contributed by atoms with Crippen LogP contribution in [0.4, 0.5) is 0 Å². The van der Waals surface area contributed by atoms with Crippen LogP contribution in [-0.2, 0) is 19.5 Å². The van der Waals surface area contributed by atoms with Crippen LogP contribution in [-0.4, -0.2) is 4.98 Å². The molecule has 1 heterocycles. The minimum absolute atomic E-state index is 0. The summed E-state index contributed by atoms with van der Waals surface area (Å²) in [5.41, 5.74) is 2.38. The molecule has 6 heteroatoms. The Morgan fingerprint density at radius 2 is 1.18 bits per heavy atom. The average molecular weight is 320 g/mol. The Bertz CT molecular complexity index is 317. The number of rotatable bonds is 1. The van der Waals surface area contributed by atoms with Crippen LogP contribution in [0.5, 0.6) is 0 Å². The van der Waals surface area contributed by atoms with Gasteiger partial charge < -0.3 is 24.6 Å². The molecule has 1 radical (unpaired) electrons. The van der Waals surface area contributed by atoms with Crippen molar-refractivity contribution < 1.29 is 19.5 Å². The largest absolute Gasteiger partial charge is 3.00 e. The van der Waals surface area contributed by atoms with Crippen molar-refractivity contribution in [1.29, 1.82) is 0 Å². The number of pyridine rings is 1. The molecule has 17 heavy (non-hydrogen) atoms. The van der Waals surface area contributed by atoms with Gasteiger partial charge in [0.05, 0.1) is 0 Å². The van der Waals surface area contributed by atoms with Gasteiger partial charge in [-0.3, -0.25) is 4.98 Å². The van der Waals surface area contributed by atoms with Crippen molar-refractivity contribution in [2.75, 3.05) is 0 Å². The first-order valence-electron chi connectivity index (χ1n) is 3.92. The first-order chi connectivity index (χ1) is 5.97. The summed E-state index contributed by atoms with van der Waals surface area (Å²) in [4.78, 5) is 4.06. The van der Waals surface area contributed by atoms with Crippen LogP contribution in [0.15, 0.2) is 54.9 Å². The number of benzene rings is 1. The van der Waals surface area contributed by atoms with Gasteiger partial charge in [-0.25, -0.2) is 0 Å². The maximum atomic E-state index is 4.06. The van der Waals surface area contributed by atoms with Gasteiger partial charge in [-0.1, -0.05) is 36.4 Å². The third-order valence-corrected chi connectivity index (χ3v) is 1.77. The molecule has 5 nitrogen and oxygen atoms in total. The Labute approximate surface area is 115 Å². The van der Waals surface area contributed by atoms with E-state index in [1.807, 2.05) is 30.5 Å². The molecule has 2 aromatic rings. The van der Waals surface area contributed by atoms with Crippen LogP contribution in [0.25, 0.3) is 35.7 Å². The summed E-state index contributed by atoms with van der Waals surface area (Å²) in [6, 6.07) is 14.2. The molecule has 0 bridgehead atoms. The molecule has 0 saturated heterocycles. The normalized spacial score (nSPS) is 6.82. The molecule has 0 aliphatic carbocycles. The second-order valence-electron chi connectivity index (χ2n) is 2.61. The third kappa shape index (κ3) is 6.89. The minimum Gasteiger partial charge on any atom is -0.693 e. The van der Waals surface area contributed by atoms with Crippen LogP contribution in [0, 0.1) is 0 Å². The van der Waals surface area contributed by atoms with Crippen LogP contribution < -0.4 is 0 Å². The molecule has 0 aliphatic heterocycles. The van der Waals surface area contributed by atoms with Gasteiger partial charge in [-0.15, -0.1) is 0 Å². The molecule has 95 valence electrons. The van der Waals surface area contributed by atoms with Gasteiger partial charge in [-0.05, 0) is 17.2 Å². The summed E-state index contributed by atoms with van der Waals surface area (Å²) in [7, 11) is 0. The van der Waals surface area contributed by atoms with Gasteiger partial charge in [-0.2, -0.15) is 0 Å². The second-order valence-corrected chi connectivity index (χ2v) is 2.61. The fraction of sp³-hybridized carbons (Fsp3) is 0. The standard InChI is InChI=1S/C11H9N.4H2N.Ru/c1-2-5-10(6-3-1)11-7-4-8-12-9-11;;;;;/h1-9H;4*1H2;/q;4*-1;+3. The Hall–Kier alpha value is -1.17. The summed E-state index contributed by atoms with van der Waals surface area (Å²) in [5, 5.41) is 0. The molecular formula is C11H17N5Ru-. The number of nitrogens with zero attached hydrogens (tertiary/aromatic N) is 1. The summed E-state index contributed by atoms with van der Waals surface area (Å²) in [5.74, 6) is 0. The Morgan fingerprint density at radius 3 is 1.65 bits per heavy atom. The fourth-order valence-corrected chi connectivity index (χ4v) is 1.16. The van der Waals surface area contributed by atoms with Crippen molar-refractivity contribution in [3.05, 3.63) is 79.5 Å². The van der Waals surface area contributed by atoms with Gasteiger partial charge in [0.2, 0.25) is 0 Å². The zero-order valence-corrected chi connectivity index (χ0v) is 11.0. The predicted molar refractivity (Wildman–Crippen MR) is 70.8 cm³/mol. The van der Waals surface area contributed by atoms with Gasteiger partial charge in [0.1, 0.15) is 0 Å². The molecule has 0 atom stereocenters. The molecular weight excluding hydrogens is 303 g/mol. The summed E-state index contributed by atoms with van der Waals surface area (Å²) in [6.45, 7) is 0. The fourth-order valence-electron chi connectivity index (χ4n) is 1.16. The van der Waals surface area contributed by atoms with E-state index in [1.54, 1.807) is 6.20 Å². The number of nitrogens with two attached hydrogens (primary N) is 4. The van der Waals surface area contributed by atoms with E-state index in [0.717, 1.165) is 5.56 Å². The van der Waals surface area contributed by atoms with E-state index in [1.165, 1.54) is 5.56 Å². The maximum Gasteiger partial charge on any atom is 3.00 e. The van der Waals surface area contributed by atoms with E-state index in [9.17, 15) is 0 Å². The van der Waals surface area contributed by atoms with Crippen molar-refractivity contribution in [1.82, 2.24) is 4.98 Å². The zero-order chi connectivity index (χ0) is 8.23. The molecule has 1 aromatic carbocycles. The van der Waals surface area contributed by atoms with Crippen LogP contribution in [0.2, 0.25) is 0 Å². The molecule has 8 N–H and O–H groups in total. The SMILES string of the molecule is [NH2-].[NH2-].[NH2-].[NH2-].[Ru+3].c1ccc(-c2cccnc2)cc1. The average Bonchev–Trinajstić information content (AvgIpc) is 2.21. The van der Waals surface area contributed by atoms with Gasteiger partial charge in [0, 0.05) is 12.4 Å². The first kappa shape index (κ1) is 24.9. The van der Waals surface area contributed by atoms with Crippen LogP contribution >= 0.6 is 0 Å². The maximum absolute atomic E-state index is 4.06. The van der Waals surface area contributed by atoms with Crippen molar-refractivity contribution >= 4 is 0 Å². The van der Waals surface area contributed by atoms with Crippen LogP contribution in [0.3, 0.4) is 0 Å². The predicted octanol–water partition coefficient (Wildman–Crippen LogP) is 5.61. The topological polar surface area (TPSA) is 147 Å². The summed E-state index contributed by atoms with van der Waals surface area (Å²) >= 11 is 0. The molecule has 0 unspecified atom stereocenters. The monoisotopic (exact) mass is 321 g/mol. The molecule has 0 spiro atoms. The van der Waals surface area contributed by atoms with Crippen molar-refractivity contribution in [3.63, 3.8) is 0 Å². The van der Waals surface area contributed by atoms with Crippen LogP contribution in [0.1, 0.15) is 0 Å². The van der Waals surface area contributed by atoms with Crippen molar-refractivity contribution in [3.8, 4) is 11.1 Å².